The lowest BCUT2D eigenvalue weighted by Gasteiger charge is -2.14. The Morgan fingerprint density at radius 3 is 2.59 bits per heavy atom. The minimum Gasteiger partial charge on any atom is -0.394 e. The SMILES string of the molecule is CCC(CO)NC(=O)/C(C)=C/c1ccccc1. The maximum atomic E-state index is 11.8. The monoisotopic (exact) mass is 233 g/mol. The second kappa shape index (κ2) is 6.86. The Hall–Kier alpha value is -1.61. The summed E-state index contributed by atoms with van der Waals surface area (Å²) in [6, 6.07) is 9.52. The molecule has 1 aromatic carbocycles. The lowest BCUT2D eigenvalue weighted by atomic mass is 10.1. The molecule has 0 heterocycles. The van der Waals surface area contributed by atoms with Gasteiger partial charge < -0.3 is 10.4 Å². The van der Waals surface area contributed by atoms with Crippen LogP contribution in [0, 0.1) is 0 Å². The van der Waals surface area contributed by atoms with Gasteiger partial charge in [-0.05, 0) is 25.0 Å². The topological polar surface area (TPSA) is 49.3 Å². The maximum absolute atomic E-state index is 11.8. The average Bonchev–Trinajstić information content (AvgIpc) is 2.36. The van der Waals surface area contributed by atoms with Crippen LogP contribution < -0.4 is 5.32 Å². The molecule has 0 fully saturated rings. The Kier molecular flexibility index (Phi) is 5.43. The highest BCUT2D eigenvalue weighted by molar-refractivity contribution is 5.97. The molecule has 3 heteroatoms. The molecule has 1 atom stereocenters. The van der Waals surface area contributed by atoms with Crippen LogP contribution in [-0.2, 0) is 4.79 Å². The van der Waals surface area contributed by atoms with Crippen molar-refractivity contribution in [1.29, 1.82) is 0 Å². The quantitative estimate of drug-likeness (QED) is 0.764. The number of hydrogen-bond donors (Lipinski definition) is 2. The lowest BCUT2D eigenvalue weighted by Crippen LogP contribution is -2.37. The highest BCUT2D eigenvalue weighted by atomic mass is 16.3. The van der Waals surface area contributed by atoms with Gasteiger partial charge in [-0.1, -0.05) is 37.3 Å². The van der Waals surface area contributed by atoms with Crippen LogP contribution in [0.4, 0.5) is 0 Å². The Labute approximate surface area is 102 Å². The highest BCUT2D eigenvalue weighted by Crippen LogP contribution is 2.06. The fourth-order valence-corrected chi connectivity index (χ4v) is 1.44. The van der Waals surface area contributed by atoms with E-state index >= 15 is 0 Å². The Bertz CT molecular complexity index is 380. The number of hydrogen-bond acceptors (Lipinski definition) is 2. The van der Waals surface area contributed by atoms with E-state index in [-0.39, 0.29) is 18.6 Å². The van der Waals surface area contributed by atoms with Crippen molar-refractivity contribution in [1.82, 2.24) is 5.32 Å². The minimum atomic E-state index is -0.165. The number of carbonyl (C=O) groups is 1. The van der Waals surface area contributed by atoms with Gasteiger partial charge in [0.2, 0.25) is 5.91 Å². The van der Waals surface area contributed by atoms with E-state index in [9.17, 15) is 4.79 Å². The van der Waals surface area contributed by atoms with Gasteiger partial charge >= 0.3 is 0 Å². The van der Waals surface area contributed by atoms with Crippen molar-refractivity contribution in [2.45, 2.75) is 26.3 Å². The van der Waals surface area contributed by atoms with Crippen molar-refractivity contribution in [3.05, 3.63) is 41.5 Å². The summed E-state index contributed by atoms with van der Waals surface area (Å²) in [6.07, 6.45) is 2.56. The number of aliphatic hydroxyl groups excluding tert-OH is 1. The molecule has 0 spiro atoms. The molecule has 0 aromatic heterocycles. The molecule has 17 heavy (non-hydrogen) atoms. The third-order valence-electron chi connectivity index (χ3n) is 2.59. The molecule has 0 aliphatic rings. The molecule has 1 amide bonds. The molecule has 2 N–H and O–H groups in total. The minimum absolute atomic E-state index is 0.0269. The van der Waals surface area contributed by atoms with Crippen molar-refractivity contribution in [3.63, 3.8) is 0 Å². The van der Waals surface area contributed by atoms with Crippen molar-refractivity contribution in [2.24, 2.45) is 0 Å². The van der Waals surface area contributed by atoms with Crippen molar-refractivity contribution in [3.8, 4) is 0 Å². The third-order valence-corrected chi connectivity index (χ3v) is 2.59. The summed E-state index contributed by atoms with van der Waals surface area (Å²) < 4.78 is 0. The zero-order valence-corrected chi connectivity index (χ0v) is 10.3. The summed E-state index contributed by atoms with van der Waals surface area (Å²) in [7, 11) is 0. The first-order valence-electron chi connectivity index (χ1n) is 5.82. The van der Waals surface area contributed by atoms with Gasteiger partial charge in [-0.3, -0.25) is 4.79 Å². The van der Waals surface area contributed by atoms with Gasteiger partial charge in [0.25, 0.3) is 0 Å². The van der Waals surface area contributed by atoms with E-state index in [1.165, 1.54) is 0 Å². The van der Waals surface area contributed by atoms with E-state index in [0.717, 1.165) is 12.0 Å². The molecule has 0 saturated carbocycles. The van der Waals surface area contributed by atoms with Gasteiger partial charge in [0.15, 0.2) is 0 Å². The first-order valence-corrected chi connectivity index (χ1v) is 5.82. The summed E-state index contributed by atoms with van der Waals surface area (Å²) in [5, 5.41) is 11.8. The zero-order chi connectivity index (χ0) is 12.7. The molecule has 0 saturated heterocycles. The number of amides is 1. The van der Waals surface area contributed by atoms with E-state index in [1.54, 1.807) is 6.92 Å². The molecule has 1 aromatic rings. The molecule has 3 nitrogen and oxygen atoms in total. The largest absolute Gasteiger partial charge is 0.394 e. The lowest BCUT2D eigenvalue weighted by molar-refractivity contribution is -0.118. The summed E-state index contributed by atoms with van der Waals surface area (Å²) in [5.74, 6) is -0.130. The zero-order valence-electron chi connectivity index (χ0n) is 10.3. The molecule has 0 radical (unpaired) electrons. The number of rotatable bonds is 5. The molecular formula is C14H19NO2. The van der Waals surface area contributed by atoms with Gasteiger partial charge in [0.1, 0.15) is 0 Å². The van der Waals surface area contributed by atoms with Crippen molar-refractivity contribution >= 4 is 12.0 Å². The Morgan fingerprint density at radius 1 is 1.41 bits per heavy atom. The first kappa shape index (κ1) is 13.5. The van der Waals surface area contributed by atoms with Crippen LogP contribution in [0.5, 0.6) is 0 Å². The second-order valence-corrected chi connectivity index (χ2v) is 4.00. The van der Waals surface area contributed by atoms with Crippen LogP contribution in [0.3, 0.4) is 0 Å². The van der Waals surface area contributed by atoms with E-state index < -0.39 is 0 Å². The number of aliphatic hydroxyl groups is 1. The normalized spacial score (nSPS) is 13.2. The van der Waals surface area contributed by atoms with Crippen LogP contribution in [0.1, 0.15) is 25.8 Å². The van der Waals surface area contributed by atoms with Crippen molar-refractivity contribution < 1.29 is 9.90 Å². The van der Waals surface area contributed by atoms with Crippen LogP contribution in [0.2, 0.25) is 0 Å². The number of benzene rings is 1. The summed E-state index contributed by atoms with van der Waals surface area (Å²) in [6.45, 7) is 3.67. The van der Waals surface area contributed by atoms with Crippen LogP contribution in [0.25, 0.3) is 6.08 Å². The Morgan fingerprint density at radius 2 is 2.06 bits per heavy atom. The highest BCUT2D eigenvalue weighted by Gasteiger charge is 2.10. The van der Waals surface area contributed by atoms with E-state index in [4.69, 9.17) is 5.11 Å². The number of carbonyl (C=O) groups excluding carboxylic acids is 1. The summed E-state index contributed by atoms with van der Waals surface area (Å²) in [5.41, 5.74) is 1.64. The third kappa shape index (κ3) is 4.41. The van der Waals surface area contributed by atoms with E-state index in [0.29, 0.717) is 5.57 Å². The van der Waals surface area contributed by atoms with Crippen LogP contribution >= 0.6 is 0 Å². The van der Waals surface area contributed by atoms with E-state index in [2.05, 4.69) is 5.32 Å². The maximum Gasteiger partial charge on any atom is 0.247 e. The average molecular weight is 233 g/mol. The van der Waals surface area contributed by atoms with Crippen molar-refractivity contribution in [2.75, 3.05) is 6.61 Å². The summed E-state index contributed by atoms with van der Waals surface area (Å²) >= 11 is 0. The fourth-order valence-electron chi connectivity index (χ4n) is 1.44. The van der Waals surface area contributed by atoms with Gasteiger partial charge in [-0.15, -0.1) is 0 Å². The second-order valence-electron chi connectivity index (χ2n) is 4.00. The predicted molar refractivity (Wildman–Crippen MR) is 69.4 cm³/mol. The molecule has 0 bridgehead atoms. The van der Waals surface area contributed by atoms with Gasteiger partial charge in [-0.25, -0.2) is 0 Å². The van der Waals surface area contributed by atoms with Gasteiger partial charge in [0, 0.05) is 5.57 Å². The van der Waals surface area contributed by atoms with Crippen LogP contribution in [0.15, 0.2) is 35.9 Å². The van der Waals surface area contributed by atoms with Crippen LogP contribution in [-0.4, -0.2) is 23.7 Å². The molecular weight excluding hydrogens is 214 g/mol. The Balaban J connectivity index is 2.66. The number of nitrogens with one attached hydrogen (secondary N) is 1. The standard InChI is InChI=1S/C14H19NO2/c1-3-13(10-16)15-14(17)11(2)9-12-7-5-4-6-8-12/h4-9,13,16H,3,10H2,1-2H3,(H,15,17)/b11-9+. The molecule has 1 unspecified atom stereocenters. The van der Waals surface area contributed by atoms with E-state index in [1.807, 2.05) is 43.3 Å². The molecule has 0 aliphatic heterocycles. The smallest absolute Gasteiger partial charge is 0.247 e. The molecule has 1 rings (SSSR count). The molecule has 0 aliphatic carbocycles. The summed E-state index contributed by atoms with van der Waals surface area (Å²) in [4.78, 5) is 11.8. The molecule has 92 valence electrons. The fraction of sp³-hybridized carbons (Fsp3) is 0.357. The van der Waals surface area contributed by atoms with Gasteiger partial charge in [0.05, 0.1) is 12.6 Å². The van der Waals surface area contributed by atoms with Gasteiger partial charge in [-0.2, -0.15) is 0 Å². The predicted octanol–water partition coefficient (Wildman–Crippen LogP) is 1.98. The first-order chi connectivity index (χ1) is 8.17.